The summed E-state index contributed by atoms with van der Waals surface area (Å²) < 4.78 is 13.3. The Morgan fingerprint density at radius 3 is 2.67 bits per heavy atom. The molecule has 0 saturated heterocycles. The third-order valence-corrected chi connectivity index (χ3v) is 3.60. The maximum Gasteiger partial charge on any atom is 0.288 e. The van der Waals surface area contributed by atoms with Gasteiger partial charge in [0.05, 0.1) is 15.0 Å². The molecule has 21 heavy (non-hydrogen) atoms. The number of halogens is 3. The number of benzene rings is 2. The van der Waals surface area contributed by atoms with Crippen LogP contribution in [0.5, 0.6) is 0 Å². The molecule has 0 aliphatic carbocycles. The molecule has 8 heteroatoms. The molecule has 0 heterocycles. The Labute approximate surface area is 132 Å². The van der Waals surface area contributed by atoms with Crippen LogP contribution in [-0.2, 0) is 0 Å². The van der Waals surface area contributed by atoms with Crippen molar-refractivity contribution in [2.24, 2.45) is 0 Å². The number of hydrogen-bond donors (Lipinski definition) is 1. The average molecular weight is 374 g/mol. The Kier molecular flexibility index (Phi) is 4.54. The van der Waals surface area contributed by atoms with Crippen molar-refractivity contribution in [3.05, 3.63) is 67.4 Å². The van der Waals surface area contributed by atoms with Crippen molar-refractivity contribution in [3.8, 4) is 0 Å². The van der Waals surface area contributed by atoms with Gasteiger partial charge in [-0.2, -0.15) is 0 Å². The predicted molar refractivity (Wildman–Crippen MR) is 80.2 cm³/mol. The van der Waals surface area contributed by atoms with E-state index in [-0.39, 0.29) is 20.7 Å². The van der Waals surface area contributed by atoms with Gasteiger partial charge in [0.2, 0.25) is 0 Å². The monoisotopic (exact) mass is 372 g/mol. The SMILES string of the molecule is O=C(Nc1ccc(F)c(Br)c1)c1cccc([N+](=O)[O-])c1Cl. The van der Waals surface area contributed by atoms with Gasteiger partial charge in [-0.05, 0) is 40.2 Å². The number of nitrogens with one attached hydrogen (secondary N) is 1. The van der Waals surface area contributed by atoms with Crippen molar-refractivity contribution < 1.29 is 14.1 Å². The molecule has 0 saturated carbocycles. The van der Waals surface area contributed by atoms with Crippen LogP contribution in [0.25, 0.3) is 0 Å². The Bertz CT molecular complexity index is 739. The molecule has 0 atom stereocenters. The Morgan fingerprint density at radius 1 is 1.33 bits per heavy atom. The fraction of sp³-hybridized carbons (Fsp3) is 0. The van der Waals surface area contributed by atoms with Crippen molar-refractivity contribution >= 4 is 44.8 Å². The number of nitro benzene ring substituents is 1. The van der Waals surface area contributed by atoms with Crippen LogP contribution in [-0.4, -0.2) is 10.8 Å². The zero-order valence-corrected chi connectivity index (χ0v) is 12.6. The number of hydrogen-bond acceptors (Lipinski definition) is 3. The van der Waals surface area contributed by atoms with Crippen LogP contribution in [0.2, 0.25) is 5.02 Å². The molecule has 0 aliphatic rings. The molecule has 0 radical (unpaired) electrons. The van der Waals surface area contributed by atoms with Crippen LogP contribution in [0.4, 0.5) is 15.8 Å². The molecule has 0 bridgehead atoms. The highest BCUT2D eigenvalue weighted by Gasteiger charge is 2.20. The van der Waals surface area contributed by atoms with E-state index in [1.165, 1.54) is 36.4 Å². The molecule has 1 N–H and O–H groups in total. The van der Waals surface area contributed by atoms with E-state index in [1.807, 2.05) is 0 Å². The van der Waals surface area contributed by atoms with Crippen LogP contribution in [0.15, 0.2) is 40.9 Å². The summed E-state index contributed by atoms with van der Waals surface area (Å²) in [5.74, 6) is -1.09. The van der Waals surface area contributed by atoms with Crippen molar-refractivity contribution in [2.45, 2.75) is 0 Å². The van der Waals surface area contributed by atoms with Crippen molar-refractivity contribution in [1.82, 2.24) is 0 Å². The second-order valence-corrected chi connectivity index (χ2v) is 5.21. The first-order valence-corrected chi connectivity index (χ1v) is 6.76. The maximum absolute atomic E-state index is 13.1. The van der Waals surface area contributed by atoms with E-state index in [0.29, 0.717) is 5.69 Å². The van der Waals surface area contributed by atoms with Crippen LogP contribution in [0.3, 0.4) is 0 Å². The van der Waals surface area contributed by atoms with E-state index in [1.54, 1.807) is 0 Å². The minimum absolute atomic E-state index is 0.0358. The highest BCUT2D eigenvalue weighted by Crippen LogP contribution is 2.28. The fourth-order valence-corrected chi connectivity index (χ4v) is 2.27. The lowest BCUT2D eigenvalue weighted by molar-refractivity contribution is -0.384. The van der Waals surface area contributed by atoms with Crippen LogP contribution in [0, 0.1) is 15.9 Å². The summed E-state index contributed by atoms with van der Waals surface area (Å²) >= 11 is 8.85. The van der Waals surface area contributed by atoms with Gasteiger partial charge in [0.15, 0.2) is 0 Å². The number of anilines is 1. The maximum atomic E-state index is 13.1. The highest BCUT2D eigenvalue weighted by molar-refractivity contribution is 9.10. The second kappa shape index (κ2) is 6.19. The summed E-state index contributed by atoms with van der Waals surface area (Å²) in [5, 5.41) is 13.0. The minimum atomic E-state index is -0.673. The van der Waals surface area contributed by atoms with Gasteiger partial charge in [-0.1, -0.05) is 17.7 Å². The van der Waals surface area contributed by atoms with Gasteiger partial charge in [0.1, 0.15) is 10.8 Å². The Balaban J connectivity index is 2.30. The summed E-state index contributed by atoms with van der Waals surface area (Å²) in [5.41, 5.74) is -0.0632. The zero-order chi connectivity index (χ0) is 15.6. The number of carbonyl (C=O) groups is 1. The lowest BCUT2D eigenvalue weighted by Gasteiger charge is -2.07. The molecule has 1 amide bonds. The molecule has 0 fully saturated rings. The van der Waals surface area contributed by atoms with Gasteiger partial charge >= 0.3 is 0 Å². The van der Waals surface area contributed by atoms with Crippen molar-refractivity contribution in [1.29, 1.82) is 0 Å². The number of carbonyl (C=O) groups excluding carboxylic acids is 1. The summed E-state index contributed by atoms with van der Waals surface area (Å²) in [6.07, 6.45) is 0. The van der Waals surface area contributed by atoms with Gasteiger partial charge in [0, 0.05) is 11.8 Å². The summed E-state index contributed by atoms with van der Waals surface area (Å²) in [7, 11) is 0. The van der Waals surface area contributed by atoms with Gasteiger partial charge in [-0.25, -0.2) is 4.39 Å². The zero-order valence-electron chi connectivity index (χ0n) is 10.3. The number of nitrogens with zero attached hydrogens (tertiary/aromatic N) is 1. The molecule has 5 nitrogen and oxygen atoms in total. The Morgan fingerprint density at radius 2 is 2.05 bits per heavy atom. The third kappa shape index (κ3) is 3.37. The quantitative estimate of drug-likeness (QED) is 0.640. The predicted octanol–water partition coefficient (Wildman–Crippen LogP) is 4.40. The first-order valence-electron chi connectivity index (χ1n) is 5.59. The molecular formula is C13H7BrClFN2O3. The molecule has 2 aromatic carbocycles. The van der Waals surface area contributed by atoms with E-state index in [4.69, 9.17) is 11.6 Å². The van der Waals surface area contributed by atoms with Crippen molar-refractivity contribution in [2.75, 3.05) is 5.32 Å². The minimum Gasteiger partial charge on any atom is -0.322 e. The molecule has 108 valence electrons. The lowest BCUT2D eigenvalue weighted by Crippen LogP contribution is -2.13. The first-order chi connectivity index (χ1) is 9.90. The number of rotatable bonds is 3. The summed E-state index contributed by atoms with van der Waals surface area (Å²) in [6.45, 7) is 0. The number of amides is 1. The molecule has 0 aromatic heterocycles. The second-order valence-electron chi connectivity index (χ2n) is 3.98. The summed E-state index contributed by atoms with van der Waals surface area (Å²) in [4.78, 5) is 22.2. The van der Waals surface area contributed by atoms with E-state index in [2.05, 4.69) is 21.2 Å². The molecule has 2 aromatic rings. The normalized spacial score (nSPS) is 10.2. The lowest BCUT2D eigenvalue weighted by atomic mass is 10.2. The third-order valence-electron chi connectivity index (χ3n) is 2.60. The van der Waals surface area contributed by atoms with Crippen LogP contribution in [0.1, 0.15) is 10.4 Å². The first kappa shape index (κ1) is 15.4. The van der Waals surface area contributed by atoms with E-state index in [9.17, 15) is 19.3 Å². The van der Waals surface area contributed by atoms with Gasteiger partial charge < -0.3 is 5.32 Å². The largest absolute Gasteiger partial charge is 0.322 e. The van der Waals surface area contributed by atoms with Gasteiger partial charge in [0.25, 0.3) is 11.6 Å². The van der Waals surface area contributed by atoms with E-state index in [0.717, 1.165) is 0 Å². The molecule has 0 aliphatic heterocycles. The topological polar surface area (TPSA) is 72.2 Å². The average Bonchev–Trinajstić information content (AvgIpc) is 2.42. The summed E-state index contributed by atoms with van der Waals surface area (Å²) in [6, 6.07) is 7.84. The van der Waals surface area contributed by atoms with Crippen LogP contribution < -0.4 is 5.32 Å². The van der Waals surface area contributed by atoms with Gasteiger partial charge in [-0.3, -0.25) is 14.9 Å². The standard InChI is InChI=1S/C13H7BrClFN2O3/c14-9-6-7(4-5-10(9)16)17-13(19)8-2-1-3-11(12(8)15)18(20)21/h1-6H,(H,17,19). The van der Waals surface area contributed by atoms with E-state index >= 15 is 0 Å². The number of nitro groups is 1. The molecule has 2 rings (SSSR count). The van der Waals surface area contributed by atoms with Crippen molar-refractivity contribution in [3.63, 3.8) is 0 Å². The Hall–Kier alpha value is -1.99. The highest BCUT2D eigenvalue weighted by atomic mass is 79.9. The van der Waals surface area contributed by atoms with Gasteiger partial charge in [-0.15, -0.1) is 0 Å². The fourth-order valence-electron chi connectivity index (χ4n) is 1.61. The van der Waals surface area contributed by atoms with Crippen LogP contribution >= 0.6 is 27.5 Å². The molecule has 0 spiro atoms. The molecule has 0 unspecified atom stereocenters. The van der Waals surface area contributed by atoms with E-state index < -0.39 is 16.6 Å². The smallest absolute Gasteiger partial charge is 0.288 e. The molecular weight excluding hydrogens is 367 g/mol.